The molecule has 1 aliphatic rings. The minimum absolute atomic E-state index is 0.0863. The molecule has 0 saturated heterocycles. The zero-order valence-corrected chi connectivity index (χ0v) is 11.1. The second-order valence-corrected chi connectivity index (χ2v) is 5.05. The maximum atomic E-state index is 12.4. The molecule has 4 heteroatoms. The molecule has 2 aromatic carbocycles. The van der Waals surface area contributed by atoms with Crippen LogP contribution in [0.4, 0.5) is 5.69 Å². The number of nitrogens with zero attached hydrogens (tertiary/aromatic N) is 1. The highest BCUT2D eigenvalue weighted by atomic mass is 35.5. The topological polar surface area (TPSA) is 40.5 Å². The lowest BCUT2D eigenvalue weighted by Gasteiger charge is -2.18. The SMILES string of the molecule is Cc1ccccc1N1Cc2cc(O)cc(Cl)c2C1=O. The number of carbonyl (C=O) groups excluding carboxylic acids is 1. The Kier molecular flexibility index (Phi) is 2.72. The average Bonchev–Trinajstić information content (AvgIpc) is 2.67. The third kappa shape index (κ3) is 1.87. The Bertz CT molecular complexity index is 682. The van der Waals surface area contributed by atoms with Gasteiger partial charge in [0.25, 0.3) is 5.91 Å². The van der Waals surface area contributed by atoms with E-state index in [0.29, 0.717) is 17.1 Å². The summed E-state index contributed by atoms with van der Waals surface area (Å²) in [7, 11) is 0. The zero-order valence-electron chi connectivity index (χ0n) is 10.4. The number of aryl methyl sites for hydroxylation is 1. The third-order valence-corrected chi connectivity index (χ3v) is 3.65. The van der Waals surface area contributed by atoms with Gasteiger partial charge in [0.05, 0.1) is 17.1 Å². The van der Waals surface area contributed by atoms with Crippen molar-refractivity contribution in [2.24, 2.45) is 0 Å². The molecule has 3 rings (SSSR count). The second kappa shape index (κ2) is 4.28. The Labute approximate surface area is 116 Å². The van der Waals surface area contributed by atoms with Crippen LogP contribution in [0.5, 0.6) is 5.75 Å². The van der Waals surface area contributed by atoms with Crippen LogP contribution in [-0.4, -0.2) is 11.0 Å². The molecule has 96 valence electrons. The molecule has 1 N–H and O–H groups in total. The first-order valence-electron chi connectivity index (χ1n) is 5.97. The van der Waals surface area contributed by atoms with Crippen molar-refractivity contribution in [3.05, 3.63) is 58.1 Å². The number of para-hydroxylation sites is 1. The normalized spacial score (nSPS) is 13.8. The van der Waals surface area contributed by atoms with Crippen molar-refractivity contribution in [2.45, 2.75) is 13.5 Å². The smallest absolute Gasteiger partial charge is 0.260 e. The van der Waals surface area contributed by atoms with Crippen molar-refractivity contribution in [2.75, 3.05) is 4.90 Å². The first kappa shape index (κ1) is 12.1. The van der Waals surface area contributed by atoms with Gasteiger partial charge in [-0.1, -0.05) is 29.8 Å². The van der Waals surface area contributed by atoms with Gasteiger partial charge in [0.2, 0.25) is 0 Å². The summed E-state index contributed by atoms with van der Waals surface area (Å²) in [5.74, 6) is -0.0301. The molecule has 0 atom stereocenters. The number of rotatable bonds is 1. The molecule has 0 spiro atoms. The third-order valence-electron chi connectivity index (χ3n) is 3.35. The van der Waals surface area contributed by atoms with Crippen LogP contribution in [0, 0.1) is 6.92 Å². The minimum Gasteiger partial charge on any atom is -0.508 e. The Balaban J connectivity index is 2.09. The molecule has 0 aliphatic carbocycles. The predicted molar refractivity (Wildman–Crippen MR) is 74.8 cm³/mol. The first-order valence-corrected chi connectivity index (χ1v) is 6.34. The zero-order chi connectivity index (χ0) is 13.6. The number of fused-ring (bicyclic) bond motifs is 1. The number of hydrogen-bond acceptors (Lipinski definition) is 2. The van der Waals surface area contributed by atoms with Crippen LogP contribution in [0.15, 0.2) is 36.4 Å². The van der Waals surface area contributed by atoms with Crippen molar-refractivity contribution in [3.8, 4) is 5.75 Å². The molecule has 19 heavy (non-hydrogen) atoms. The van der Waals surface area contributed by atoms with Gasteiger partial charge in [0.15, 0.2) is 0 Å². The molecule has 1 amide bonds. The Morgan fingerprint density at radius 3 is 2.74 bits per heavy atom. The van der Waals surface area contributed by atoms with Crippen molar-refractivity contribution < 1.29 is 9.90 Å². The molecule has 0 bridgehead atoms. The van der Waals surface area contributed by atoms with Crippen molar-refractivity contribution in [1.82, 2.24) is 0 Å². The monoisotopic (exact) mass is 273 g/mol. The summed E-state index contributed by atoms with van der Waals surface area (Å²) < 4.78 is 0. The molecular weight excluding hydrogens is 262 g/mol. The summed E-state index contributed by atoms with van der Waals surface area (Å²) in [4.78, 5) is 14.1. The molecule has 0 unspecified atom stereocenters. The van der Waals surface area contributed by atoms with Gasteiger partial charge in [0.1, 0.15) is 5.75 Å². The number of benzene rings is 2. The van der Waals surface area contributed by atoms with Crippen LogP contribution >= 0.6 is 11.6 Å². The van der Waals surface area contributed by atoms with Gasteiger partial charge in [-0.25, -0.2) is 0 Å². The van der Waals surface area contributed by atoms with E-state index in [4.69, 9.17) is 11.6 Å². The molecule has 0 aromatic heterocycles. The van der Waals surface area contributed by atoms with Crippen LogP contribution < -0.4 is 4.90 Å². The highest BCUT2D eigenvalue weighted by Gasteiger charge is 2.31. The van der Waals surface area contributed by atoms with E-state index in [0.717, 1.165) is 16.8 Å². The lowest BCUT2D eigenvalue weighted by molar-refractivity contribution is 0.0996. The molecule has 0 saturated carbocycles. The fraction of sp³-hybridized carbons (Fsp3) is 0.133. The summed E-state index contributed by atoms with van der Waals surface area (Å²) in [5.41, 5.74) is 3.16. The largest absolute Gasteiger partial charge is 0.508 e. The summed E-state index contributed by atoms with van der Waals surface area (Å²) in [6.45, 7) is 2.40. The van der Waals surface area contributed by atoms with Crippen LogP contribution in [0.3, 0.4) is 0 Å². The van der Waals surface area contributed by atoms with Gasteiger partial charge in [-0.3, -0.25) is 4.79 Å². The van der Waals surface area contributed by atoms with E-state index >= 15 is 0 Å². The minimum atomic E-state index is -0.116. The van der Waals surface area contributed by atoms with E-state index in [9.17, 15) is 9.90 Å². The number of hydrogen-bond donors (Lipinski definition) is 1. The van der Waals surface area contributed by atoms with E-state index in [2.05, 4.69) is 0 Å². The lowest BCUT2D eigenvalue weighted by atomic mass is 10.1. The molecule has 3 nitrogen and oxygen atoms in total. The maximum Gasteiger partial charge on any atom is 0.260 e. The summed E-state index contributed by atoms with van der Waals surface area (Å²) in [6, 6.07) is 10.7. The van der Waals surface area contributed by atoms with Gasteiger partial charge < -0.3 is 10.0 Å². The number of amides is 1. The number of halogens is 1. The number of phenols is 1. The average molecular weight is 274 g/mol. The van der Waals surface area contributed by atoms with Gasteiger partial charge in [0, 0.05) is 5.69 Å². The number of phenolic OH excluding ortho intramolecular Hbond substituents is 1. The van der Waals surface area contributed by atoms with E-state index in [-0.39, 0.29) is 11.7 Å². The van der Waals surface area contributed by atoms with E-state index in [1.54, 1.807) is 11.0 Å². The van der Waals surface area contributed by atoms with Crippen molar-refractivity contribution in [1.29, 1.82) is 0 Å². The lowest BCUT2D eigenvalue weighted by Crippen LogP contribution is -2.23. The van der Waals surface area contributed by atoms with Gasteiger partial charge in [-0.15, -0.1) is 0 Å². The quantitative estimate of drug-likeness (QED) is 0.864. The molecule has 0 fully saturated rings. The molecule has 1 heterocycles. The van der Waals surface area contributed by atoms with Crippen LogP contribution in [-0.2, 0) is 6.54 Å². The van der Waals surface area contributed by atoms with Crippen molar-refractivity contribution >= 4 is 23.2 Å². The highest BCUT2D eigenvalue weighted by Crippen LogP contribution is 2.36. The van der Waals surface area contributed by atoms with Gasteiger partial charge in [-0.2, -0.15) is 0 Å². The van der Waals surface area contributed by atoms with Gasteiger partial charge in [-0.05, 0) is 36.2 Å². The Morgan fingerprint density at radius 2 is 2.00 bits per heavy atom. The molecule has 0 radical (unpaired) electrons. The summed E-state index contributed by atoms with van der Waals surface area (Å²) in [6.07, 6.45) is 0. The maximum absolute atomic E-state index is 12.4. The second-order valence-electron chi connectivity index (χ2n) is 4.64. The fourth-order valence-corrected chi connectivity index (χ4v) is 2.76. The van der Waals surface area contributed by atoms with E-state index in [1.165, 1.54) is 6.07 Å². The highest BCUT2D eigenvalue weighted by molar-refractivity contribution is 6.35. The molecule has 1 aliphatic heterocycles. The summed E-state index contributed by atoms with van der Waals surface area (Å²) >= 11 is 6.05. The number of anilines is 1. The van der Waals surface area contributed by atoms with Crippen LogP contribution in [0.2, 0.25) is 5.02 Å². The van der Waals surface area contributed by atoms with E-state index in [1.807, 2.05) is 31.2 Å². The number of aromatic hydroxyl groups is 1. The fourth-order valence-electron chi connectivity index (χ4n) is 2.45. The first-order chi connectivity index (χ1) is 9.08. The molecular formula is C15H12ClNO2. The number of carbonyl (C=O) groups is 1. The Hall–Kier alpha value is -2.00. The Morgan fingerprint density at radius 1 is 1.26 bits per heavy atom. The summed E-state index contributed by atoms with van der Waals surface area (Å²) in [5, 5.41) is 9.86. The molecule has 2 aromatic rings. The standard InChI is InChI=1S/C15H12ClNO2/c1-9-4-2-3-5-13(9)17-8-10-6-11(18)7-12(16)14(10)15(17)19/h2-7,18H,8H2,1H3. The van der Waals surface area contributed by atoms with Gasteiger partial charge >= 0.3 is 0 Å². The predicted octanol–water partition coefficient (Wildman–Crippen LogP) is 3.51. The van der Waals surface area contributed by atoms with Crippen molar-refractivity contribution in [3.63, 3.8) is 0 Å². The van der Waals surface area contributed by atoms with Crippen LogP contribution in [0.25, 0.3) is 0 Å². The van der Waals surface area contributed by atoms with Crippen LogP contribution in [0.1, 0.15) is 21.5 Å². The van der Waals surface area contributed by atoms with E-state index < -0.39 is 0 Å².